The summed E-state index contributed by atoms with van der Waals surface area (Å²) in [7, 11) is 1.35. The highest BCUT2D eigenvalue weighted by molar-refractivity contribution is 5.69. The van der Waals surface area contributed by atoms with Gasteiger partial charge < -0.3 is 33.2 Å². The van der Waals surface area contributed by atoms with Gasteiger partial charge in [0.15, 0.2) is 12.2 Å². The molecule has 1 fully saturated rings. The molecule has 0 amide bonds. The molecular formula is C31H38O11. The molecule has 11 heteroatoms. The van der Waals surface area contributed by atoms with Crippen molar-refractivity contribution in [2.24, 2.45) is 0 Å². The van der Waals surface area contributed by atoms with Gasteiger partial charge in [0.05, 0.1) is 6.61 Å². The Balaban J connectivity index is 2.15. The highest BCUT2D eigenvalue weighted by Gasteiger charge is 2.61. The van der Waals surface area contributed by atoms with Gasteiger partial charge in [0, 0.05) is 40.4 Å². The maximum Gasteiger partial charge on any atom is 0.303 e. The Hall–Kier alpha value is -3.96. The van der Waals surface area contributed by atoms with E-state index in [1.807, 2.05) is 50.2 Å². The zero-order valence-electron chi connectivity index (χ0n) is 25.0. The van der Waals surface area contributed by atoms with Gasteiger partial charge in [-0.15, -0.1) is 0 Å². The molecule has 11 nitrogen and oxygen atoms in total. The molecule has 0 unspecified atom stereocenters. The molecule has 3 rings (SSSR count). The quantitative estimate of drug-likeness (QED) is 0.283. The third-order valence-corrected chi connectivity index (χ3v) is 6.72. The second-order valence-electron chi connectivity index (χ2n) is 9.90. The summed E-state index contributed by atoms with van der Waals surface area (Å²) < 4.78 is 40.0. The van der Waals surface area contributed by atoms with Gasteiger partial charge >= 0.3 is 23.9 Å². The van der Waals surface area contributed by atoms with Crippen molar-refractivity contribution in [1.82, 2.24) is 0 Å². The van der Waals surface area contributed by atoms with Crippen LogP contribution in [0.15, 0.2) is 42.5 Å². The second-order valence-corrected chi connectivity index (χ2v) is 9.90. The zero-order chi connectivity index (χ0) is 31.0. The number of hydrogen-bond acceptors (Lipinski definition) is 11. The molecule has 5 atom stereocenters. The van der Waals surface area contributed by atoms with E-state index in [1.54, 1.807) is 6.07 Å². The van der Waals surface area contributed by atoms with E-state index in [9.17, 15) is 19.2 Å². The Morgan fingerprint density at radius 2 is 1.45 bits per heavy atom. The highest BCUT2D eigenvalue weighted by atomic mass is 16.7. The molecule has 0 saturated carbocycles. The Morgan fingerprint density at radius 1 is 0.833 bits per heavy atom. The van der Waals surface area contributed by atoms with Crippen LogP contribution in [0.4, 0.5) is 0 Å². The monoisotopic (exact) mass is 586 g/mol. The Bertz CT molecular complexity index is 1270. The van der Waals surface area contributed by atoms with Crippen molar-refractivity contribution in [3.8, 4) is 5.75 Å². The number of rotatable bonds is 11. The number of methoxy groups -OCH3 is 1. The molecule has 1 aliphatic rings. The molecule has 42 heavy (non-hydrogen) atoms. The standard InChI is InChI=1S/C31H38O11/c1-8-37-26-13-10-23(11-14-26)15-24-16-25(12-9-18(24)2)31(36-7)30(41-22(6)35)29(40-21(5)34)28(39-20(4)33)27(42-31)17-38-19(3)32/h9-14,16,27-30H,8,15,17H2,1-7H3/t27-,28-,29+,30-,31+/m1/s1. The molecule has 1 heterocycles. The molecule has 0 N–H and O–H groups in total. The van der Waals surface area contributed by atoms with E-state index < -0.39 is 54.1 Å². The van der Waals surface area contributed by atoms with Gasteiger partial charge in [-0.3, -0.25) is 19.2 Å². The summed E-state index contributed by atoms with van der Waals surface area (Å²) >= 11 is 0. The van der Waals surface area contributed by atoms with Gasteiger partial charge in [-0.25, -0.2) is 0 Å². The minimum Gasteiger partial charge on any atom is -0.494 e. The third kappa shape index (κ3) is 7.86. The number of carbonyl (C=O) groups is 4. The maximum atomic E-state index is 12.4. The predicted molar refractivity (Wildman–Crippen MR) is 148 cm³/mol. The summed E-state index contributed by atoms with van der Waals surface area (Å²) in [6.07, 6.45) is -4.70. The fraction of sp³-hybridized carbons (Fsp3) is 0.484. The van der Waals surface area contributed by atoms with Crippen molar-refractivity contribution in [1.29, 1.82) is 0 Å². The lowest BCUT2D eigenvalue weighted by atomic mass is 9.85. The van der Waals surface area contributed by atoms with Crippen molar-refractivity contribution >= 4 is 23.9 Å². The van der Waals surface area contributed by atoms with E-state index in [0.717, 1.165) is 22.4 Å². The summed E-state index contributed by atoms with van der Waals surface area (Å²) in [6, 6.07) is 13.2. The van der Waals surface area contributed by atoms with Crippen molar-refractivity contribution in [2.45, 2.75) is 78.2 Å². The number of ether oxygens (including phenoxy) is 7. The SMILES string of the molecule is CCOc1ccc(Cc2cc([C@]3(OC)O[C@H](COC(C)=O)[C@@H](OC(C)=O)[C@H](OC(C)=O)[C@H]3OC(C)=O)ccc2C)cc1. The van der Waals surface area contributed by atoms with Crippen LogP contribution in [0.2, 0.25) is 0 Å². The lowest BCUT2D eigenvalue weighted by Gasteiger charge is -2.50. The average molecular weight is 587 g/mol. The Labute approximate surface area is 245 Å². The van der Waals surface area contributed by atoms with E-state index in [-0.39, 0.29) is 6.61 Å². The molecule has 228 valence electrons. The Morgan fingerprint density at radius 3 is 2.00 bits per heavy atom. The largest absolute Gasteiger partial charge is 0.494 e. The normalized spacial score (nSPS) is 23.4. The maximum absolute atomic E-state index is 12.4. The van der Waals surface area contributed by atoms with Crippen molar-refractivity contribution < 1.29 is 52.3 Å². The van der Waals surface area contributed by atoms with Crippen LogP contribution in [-0.4, -0.2) is 68.6 Å². The van der Waals surface area contributed by atoms with Gasteiger partial charge in [-0.05, 0) is 55.2 Å². The number of carbonyl (C=O) groups excluding carboxylic acids is 4. The van der Waals surface area contributed by atoms with Gasteiger partial charge in [0.25, 0.3) is 0 Å². The van der Waals surface area contributed by atoms with Crippen LogP contribution in [0, 0.1) is 6.92 Å². The molecule has 0 radical (unpaired) electrons. The van der Waals surface area contributed by atoms with Crippen molar-refractivity contribution in [2.75, 3.05) is 20.3 Å². The smallest absolute Gasteiger partial charge is 0.303 e. The van der Waals surface area contributed by atoms with Crippen LogP contribution < -0.4 is 4.74 Å². The van der Waals surface area contributed by atoms with Crippen LogP contribution in [0.1, 0.15) is 56.9 Å². The van der Waals surface area contributed by atoms with E-state index in [4.69, 9.17) is 33.2 Å². The first kappa shape index (κ1) is 32.6. The second kappa shape index (κ2) is 14.3. The lowest BCUT2D eigenvalue weighted by Crippen LogP contribution is -2.67. The van der Waals surface area contributed by atoms with E-state index in [1.165, 1.54) is 34.8 Å². The molecule has 0 spiro atoms. The van der Waals surface area contributed by atoms with Gasteiger partial charge in [-0.2, -0.15) is 0 Å². The number of aryl methyl sites for hydroxylation is 1. The van der Waals surface area contributed by atoms with Crippen molar-refractivity contribution in [3.05, 3.63) is 64.7 Å². The number of hydrogen-bond donors (Lipinski definition) is 0. The van der Waals surface area contributed by atoms with Crippen LogP contribution >= 0.6 is 0 Å². The minimum absolute atomic E-state index is 0.367. The highest BCUT2D eigenvalue weighted by Crippen LogP contribution is 2.44. The first-order valence-corrected chi connectivity index (χ1v) is 13.6. The lowest BCUT2D eigenvalue weighted by molar-refractivity contribution is -0.367. The van der Waals surface area contributed by atoms with Crippen LogP contribution in [0.3, 0.4) is 0 Å². The predicted octanol–water partition coefficient (Wildman–Crippen LogP) is 3.54. The first-order valence-electron chi connectivity index (χ1n) is 13.6. The van der Waals surface area contributed by atoms with Crippen LogP contribution in [-0.2, 0) is 59.8 Å². The van der Waals surface area contributed by atoms with E-state index in [2.05, 4.69) is 0 Å². The Kier molecular flexibility index (Phi) is 11.1. The summed E-state index contributed by atoms with van der Waals surface area (Å²) in [4.78, 5) is 48.5. The van der Waals surface area contributed by atoms with Gasteiger partial charge in [-0.1, -0.05) is 24.3 Å². The molecule has 0 bridgehead atoms. The van der Waals surface area contributed by atoms with Crippen LogP contribution in [0.25, 0.3) is 0 Å². The summed E-state index contributed by atoms with van der Waals surface area (Å²) in [5.41, 5.74) is 3.35. The summed E-state index contributed by atoms with van der Waals surface area (Å²) in [6.45, 7) is 8.81. The van der Waals surface area contributed by atoms with Gasteiger partial charge in [0.1, 0.15) is 18.5 Å². The fourth-order valence-corrected chi connectivity index (χ4v) is 4.95. The first-order chi connectivity index (χ1) is 19.9. The molecule has 2 aromatic rings. The molecule has 2 aromatic carbocycles. The summed E-state index contributed by atoms with van der Waals surface area (Å²) in [5, 5.41) is 0. The molecule has 0 aromatic heterocycles. The van der Waals surface area contributed by atoms with Gasteiger partial charge in [0.2, 0.25) is 11.9 Å². The third-order valence-electron chi connectivity index (χ3n) is 6.72. The summed E-state index contributed by atoms with van der Waals surface area (Å²) in [5.74, 6) is -3.86. The zero-order valence-corrected chi connectivity index (χ0v) is 25.0. The molecule has 1 aliphatic heterocycles. The topological polar surface area (TPSA) is 133 Å². The average Bonchev–Trinajstić information content (AvgIpc) is 2.92. The number of esters is 4. The van der Waals surface area contributed by atoms with Crippen LogP contribution in [0.5, 0.6) is 5.75 Å². The van der Waals surface area contributed by atoms with E-state index in [0.29, 0.717) is 18.6 Å². The fourth-order valence-electron chi connectivity index (χ4n) is 4.95. The van der Waals surface area contributed by atoms with E-state index >= 15 is 0 Å². The van der Waals surface area contributed by atoms with Crippen molar-refractivity contribution in [3.63, 3.8) is 0 Å². The molecule has 0 aliphatic carbocycles. The molecular weight excluding hydrogens is 548 g/mol. The molecule has 1 saturated heterocycles. The minimum atomic E-state index is -1.85. The number of benzene rings is 2.